The zero-order chi connectivity index (χ0) is 19.1. The van der Waals surface area contributed by atoms with E-state index in [9.17, 15) is 0 Å². The second-order valence-corrected chi connectivity index (χ2v) is 7.52. The van der Waals surface area contributed by atoms with Gasteiger partial charge in [-0.15, -0.1) is 35.3 Å². The van der Waals surface area contributed by atoms with E-state index < -0.39 is 0 Å². The van der Waals surface area contributed by atoms with Crippen LogP contribution in [0.5, 0.6) is 0 Å². The van der Waals surface area contributed by atoms with Gasteiger partial charge in [0.15, 0.2) is 5.96 Å². The van der Waals surface area contributed by atoms with E-state index in [-0.39, 0.29) is 24.0 Å². The molecule has 7 heteroatoms. The summed E-state index contributed by atoms with van der Waals surface area (Å²) in [5, 5.41) is 5.52. The van der Waals surface area contributed by atoms with Crippen LogP contribution >= 0.6 is 35.3 Å². The number of thiophene rings is 1. The number of oxazole rings is 1. The van der Waals surface area contributed by atoms with Gasteiger partial charge >= 0.3 is 0 Å². The van der Waals surface area contributed by atoms with Gasteiger partial charge in [0.2, 0.25) is 5.89 Å². The molecule has 3 aromatic rings. The van der Waals surface area contributed by atoms with Crippen LogP contribution in [0.25, 0.3) is 11.5 Å². The van der Waals surface area contributed by atoms with Crippen molar-refractivity contribution in [3.63, 3.8) is 0 Å². The number of benzene rings is 1. The Morgan fingerprint density at radius 3 is 2.68 bits per heavy atom. The Bertz CT molecular complexity index is 859. The summed E-state index contributed by atoms with van der Waals surface area (Å²) in [4.78, 5) is 12.5. The molecule has 0 unspecified atom stereocenters. The average molecular weight is 510 g/mol. The van der Waals surface area contributed by atoms with Crippen LogP contribution in [0.1, 0.15) is 16.1 Å². The minimum atomic E-state index is 0. The van der Waals surface area contributed by atoms with Crippen molar-refractivity contribution < 1.29 is 4.42 Å². The fourth-order valence-corrected chi connectivity index (χ4v) is 3.47. The summed E-state index contributed by atoms with van der Waals surface area (Å²) in [7, 11) is 3.88. The number of hydrogen-bond donors (Lipinski definition) is 1. The van der Waals surface area contributed by atoms with Gasteiger partial charge in [-0.3, -0.25) is 4.99 Å². The highest BCUT2D eigenvalue weighted by Crippen LogP contribution is 2.19. The molecule has 2 aromatic heterocycles. The number of aryl methyl sites for hydroxylation is 1. The lowest BCUT2D eigenvalue weighted by Gasteiger charge is -2.21. The molecule has 28 heavy (non-hydrogen) atoms. The van der Waals surface area contributed by atoms with Crippen LogP contribution in [-0.4, -0.2) is 43.0 Å². The third kappa shape index (κ3) is 6.34. The zero-order valence-electron chi connectivity index (χ0n) is 16.5. The van der Waals surface area contributed by atoms with Crippen LogP contribution in [-0.2, 0) is 12.8 Å². The zero-order valence-corrected chi connectivity index (χ0v) is 19.7. The SMILES string of the molecule is CN=C(NCCc1coc(-c2ccc(C)cc2)n1)N(C)CCc1cccs1.I. The maximum Gasteiger partial charge on any atom is 0.226 e. The van der Waals surface area contributed by atoms with Crippen LogP contribution in [0.3, 0.4) is 0 Å². The summed E-state index contributed by atoms with van der Waals surface area (Å²) in [6, 6.07) is 12.5. The molecule has 0 fully saturated rings. The van der Waals surface area contributed by atoms with Gasteiger partial charge in [-0.05, 0) is 36.9 Å². The highest BCUT2D eigenvalue weighted by atomic mass is 127. The monoisotopic (exact) mass is 510 g/mol. The Morgan fingerprint density at radius 1 is 1.21 bits per heavy atom. The molecular weight excluding hydrogens is 483 g/mol. The van der Waals surface area contributed by atoms with E-state index in [1.807, 2.05) is 19.2 Å². The van der Waals surface area contributed by atoms with Crippen molar-refractivity contribution in [3.8, 4) is 11.5 Å². The molecule has 5 nitrogen and oxygen atoms in total. The van der Waals surface area contributed by atoms with Crippen LogP contribution < -0.4 is 5.32 Å². The molecule has 0 radical (unpaired) electrons. The molecule has 0 amide bonds. The number of rotatable bonds is 7. The Morgan fingerprint density at radius 2 is 2.00 bits per heavy atom. The van der Waals surface area contributed by atoms with Crippen molar-refractivity contribution in [1.29, 1.82) is 0 Å². The molecule has 3 rings (SSSR count). The predicted molar refractivity (Wildman–Crippen MR) is 128 cm³/mol. The topological polar surface area (TPSA) is 53.7 Å². The normalized spacial score (nSPS) is 11.2. The minimum Gasteiger partial charge on any atom is -0.444 e. The third-order valence-corrected chi connectivity index (χ3v) is 5.30. The fourth-order valence-electron chi connectivity index (χ4n) is 2.78. The number of nitrogens with zero attached hydrogens (tertiary/aromatic N) is 3. The molecule has 0 saturated heterocycles. The number of nitrogens with one attached hydrogen (secondary N) is 1. The first-order chi connectivity index (χ1) is 13.2. The van der Waals surface area contributed by atoms with Crippen LogP contribution in [0, 0.1) is 6.92 Å². The Balaban J connectivity index is 0.00000280. The van der Waals surface area contributed by atoms with E-state index in [0.717, 1.165) is 43.1 Å². The van der Waals surface area contributed by atoms with Gasteiger partial charge in [0.25, 0.3) is 0 Å². The standard InChI is InChI=1S/C21H26N4OS.HI/c1-16-6-8-17(9-7-16)20-24-18(15-26-20)10-12-23-21(22-2)25(3)13-11-19-5-4-14-27-19;/h4-9,14-15H,10-13H2,1-3H3,(H,22,23);1H. The van der Waals surface area contributed by atoms with Gasteiger partial charge in [-0.1, -0.05) is 23.8 Å². The highest BCUT2D eigenvalue weighted by molar-refractivity contribution is 14.0. The van der Waals surface area contributed by atoms with Gasteiger partial charge in [0, 0.05) is 44.0 Å². The summed E-state index contributed by atoms with van der Waals surface area (Å²) < 4.78 is 5.62. The quantitative estimate of drug-likeness (QED) is 0.286. The molecule has 0 atom stereocenters. The lowest BCUT2D eigenvalue weighted by molar-refractivity contribution is 0.487. The summed E-state index contributed by atoms with van der Waals surface area (Å²) in [6.45, 7) is 3.76. The van der Waals surface area contributed by atoms with E-state index in [1.165, 1.54) is 10.4 Å². The van der Waals surface area contributed by atoms with E-state index in [2.05, 4.69) is 63.8 Å². The van der Waals surface area contributed by atoms with Gasteiger partial charge < -0.3 is 14.6 Å². The first kappa shape index (κ1) is 22.4. The molecular formula is C21H27IN4OS. The first-order valence-corrected chi connectivity index (χ1v) is 9.99. The van der Waals surface area contributed by atoms with Gasteiger partial charge in [-0.25, -0.2) is 4.98 Å². The Hall–Kier alpha value is -1.87. The fraction of sp³-hybridized carbons (Fsp3) is 0.333. The Labute approximate surface area is 187 Å². The van der Waals surface area contributed by atoms with E-state index in [0.29, 0.717) is 5.89 Å². The molecule has 1 N–H and O–H groups in total. The van der Waals surface area contributed by atoms with Crippen molar-refractivity contribution in [3.05, 3.63) is 64.2 Å². The van der Waals surface area contributed by atoms with Crippen LogP contribution in [0.2, 0.25) is 0 Å². The second kappa shape index (κ2) is 11.2. The van der Waals surface area contributed by atoms with Crippen molar-refractivity contribution in [1.82, 2.24) is 15.2 Å². The summed E-state index contributed by atoms with van der Waals surface area (Å²) in [6.07, 6.45) is 3.55. The number of likely N-dealkylation sites (N-methyl/N-ethyl adjacent to an activating group) is 1. The van der Waals surface area contributed by atoms with Crippen molar-refractivity contribution in [2.45, 2.75) is 19.8 Å². The minimum absolute atomic E-state index is 0. The van der Waals surface area contributed by atoms with Gasteiger partial charge in [0.05, 0.1) is 5.69 Å². The van der Waals surface area contributed by atoms with Crippen LogP contribution in [0.15, 0.2) is 57.5 Å². The predicted octanol–water partition coefficient (Wildman–Crippen LogP) is 4.62. The van der Waals surface area contributed by atoms with Gasteiger partial charge in [0.1, 0.15) is 6.26 Å². The summed E-state index contributed by atoms with van der Waals surface area (Å²) >= 11 is 1.79. The lowest BCUT2D eigenvalue weighted by atomic mass is 10.1. The van der Waals surface area contributed by atoms with Crippen LogP contribution in [0.4, 0.5) is 0 Å². The van der Waals surface area contributed by atoms with Crippen molar-refractivity contribution in [2.75, 3.05) is 27.2 Å². The lowest BCUT2D eigenvalue weighted by Crippen LogP contribution is -2.40. The highest BCUT2D eigenvalue weighted by Gasteiger charge is 2.09. The first-order valence-electron chi connectivity index (χ1n) is 9.11. The number of aliphatic imine (C=N–C) groups is 1. The molecule has 0 aliphatic carbocycles. The molecule has 150 valence electrons. The molecule has 0 spiro atoms. The molecule has 0 saturated carbocycles. The molecule has 2 heterocycles. The van der Waals surface area contributed by atoms with E-state index in [1.54, 1.807) is 17.6 Å². The third-order valence-electron chi connectivity index (χ3n) is 4.36. The molecule has 0 aliphatic rings. The number of guanidine groups is 1. The number of halogens is 1. The number of aromatic nitrogens is 1. The van der Waals surface area contributed by atoms with E-state index >= 15 is 0 Å². The summed E-state index contributed by atoms with van der Waals surface area (Å²) in [5.74, 6) is 1.57. The maximum absolute atomic E-state index is 5.62. The van der Waals surface area contributed by atoms with Crippen molar-refractivity contribution in [2.24, 2.45) is 4.99 Å². The molecule has 0 bridgehead atoms. The Kier molecular flexibility index (Phi) is 8.98. The van der Waals surface area contributed by atoms with Crippen molar-refractivity contribution >= 4 is 41.3 Å². The second-order valence-electron chi connectivity index (χ2n) is 6.48. The number of hydrogen-bond acceptors (Lipinski definition) is 4. The van der Waals surface area contributed by atoms with Gasteiger partial charge in [-0.2, -0.15) is 0 Å². The molecule has 0 aliphatic heterocycles. The maximum atomic E-state index is 5.62. The largest absolute Gasteiger partial charge is 0.444 e. The smallest absolute Gasteiger partial charge is 0.226 e. The van der Waals surface area contributed by atoms with E-state index in [4.69, 9.17) is 4.42 Å². The average Bonchev–Trinajstić information content (AvgIpc) is 3.36. The summed E-state index contributed by atoms with van der Waals surface area (Å²) in [5.41, 5.74) is 3.17. The molecule has 1 aromatic carbocycles.